The Morgan fingerprint density at radius 1 is 1.00 bits per heavy atom. The second-order valence-corrected chi connectivity index (χ2v) is 21.3. The molecule has 1 aliphatic heterocycles. The number of hydrogen-bond acceptors (Lipinski definition) is 7. The molecule has 179 valence electrons. The molecule has 1 fully saturated rings. The highest BCUT2D eigenvalue weighted by molar-refractivity contribution is 6.74. The molecule has 1 radical (unpaired) electrons. The molecule has 10 heteroatoms. The van der Waals surface area contributed by atoms with Gasteiger partial charge < -0.3 is 19.3 Å². The van der Waals surface area contributed by atoms with E-state index in [1.807, 2.05) is 4.57 Å². The highest BCUT2D eigenvalue weighted by atomic mass is 28.4. The largest absolute Gasteiger partial charge is 0.414 e. The van der Waals surface area contributed by atoms with E-state index in [1.165, 1.54) is 6.33 Å². The van der Waals surface area contributed by atoms with Crippen LogP contribution in [0, 0.1) is 6.42 Å². The van der Waals surface area contributed by atoms with E-state index in [2.05, 4.69) is 89.1 Å². The highest BCUT2D eigenvalue weighted by Gasteiger charge is 2.47. The molecule has 3 rings (SSSR count). The van der Waals surface area contributed by atoms with Crippen LogP contribution in [0.2, 0.25) is 36.3 Å². The molecule has 32 heavy (non-hydrogen) atoms. The Labute approximate surface area is 194 Å². The van der Waals surface area contributed by atoms with Crippen LogP contribution in [0.25, 0.3) is 11.2 Å². The maximum absolute atomic E-state index is 6.79. The smallest absolute Gasteiger partial charge is 0.192 e. The first kappa shape index (κ1) is 25.3. The number of aromatic nitrogens is 4. The molecule has 0 bridgehead atoms. The van der Waals surface area contributed by atoms with Crippen molar-refractivity contribution < 1.29 is 13.6 Å². The van der Waals surface area contributed by atoms with Crippen molar-refractivity contribution in [3.05, 3.63) is 19.1 Å². The number of nitrogen functional groups attached to an aromatic ring is 1. The molecular weight excluding hydrogens is 438 g/mol. The minimum absolute atomic E-state index is 0.0904. The summed E-state index contributed by atoms with van der Waals surface area (Å²) in [6.45, 7) is 23.0. The monoisotopic (exact) mass is 478 g/mol. The molecule has 0 aliphatic carbocycles. The van der Waals surface area contributed by atoms with Crippen molar-refractivity contribution in [2.75, 3.05) is 12.3 Å². The van der Waals surface area contributed by atoms with Gasteiger partial charge in [-0.15, -0.1) is 0 Å². The molecule has 8 nitrogen and oxygen atoms in total. The predicted octanol–water partition coefficient (Wildman–Crippen LogP) is 4.92. The van der Waals surface area contributed by atoms with Gasteiger partial charge in [0.25, 0.3) is 0 Å². The number of imidazole rings is 1. The van der Waals surface area contributed by atoms with Crippen LogP contribution in [0.4, 0.5) is 5.82 Å². The first-order valence-electron chi connectivity index (χ1n) is 11.3. The zero-order valence-corrected chi connectivity index (χ0v) is 23.3. The van der Waals surface area contributed by atoms with Crippen molar-refractivity contribution in [3.8, 4) is 0 Å². The summed E-state index contributed by atoms with van der Waals surface area (Å²) < 4.78 is 21.7. The molecule has 1 aliphatic rings. The first-order chi connectivity index (χ1) is 14.5. The van der Waals surface area contributed by atoms with E-state index in [4.69, 9.17) is 19.3 Å². The molecule has 3 atom stereocenters. The number of fused-ring (bicyclic) bond motifs is 1. The molecule has 0 saturated carbocycles. The van der Waals surface area contributed by atoms with E-state index >= 15 is 0 Å². The van der Waals surface area contributed by atoms with Gasteiger partial charge in [-0.05, 0) is 36.3 Å². The van der Waals surface area contributed by atoms with E-state index in [0.29, 0.717) is 23.6 Å². The summed E-state index contributed by atoms with van der Waals surface area (Å²) >= 11 is 0. The van der Waals surface area contributed by atoms with Crippen molar-refractivity contribution in [1.82, 2.24) is 19.5 Å². The second-order valence-electron chi connectivity index (χ2n) is 11.8. The summed E-state index contributed by atoms with van der Waals surface area (Å²) in [5, 5.41) is 0.215. The van der Waals surface area contributed by atoms with Crippen LogP contribution in [0.1, 0.15) is 47.8 Å². The average molecular weight is 479 g/mol. The van der Waals surface area contributed by atoms with Crippen molar-refractivity contribution in [3.63, 3.8) is 0 Å². The van der Waals surface area contributed by atoms with Crippen LogP contribution >= 0.6 is 0 Å². The maximum atomic E-state index is 6.79. The Morgan fingerprint density at radius 3 is 2.22 bits per heavy atom. The van der Waals surface area contributed by atoms with Gasteiger partial charge in [0, 0.05) is 6.42 Å². The van der Waals surface area contributed by atoms with Crippen LogP contribution in [0.3, 0.4) is 0 Å². The molecule has 0 aromatic carbocycles. The fourth-order valence-corrected chi connectivity index (χ4v) is 5.35. The molecule has 0 spiro atoms. The van der Waals surface area contributed by atoms with Gasteiger partial charge >= 0.3 is 0 Å². The molecule has 2 N–H and O–H groups in total. The number of ether oxygens (including phenoxy) is 1. The summed E-state index contributed by atoms with van der Waals surface area (Å²) in [7, 11) is -3.96. The molecule has 1 saturated heterocycles. The van der Waals surface area contributed by atoms with Crippen LogP contribution < -0.4 is 5.73 Å². The number of rotatable bonds is 6. The molecule has 2 aromatic rings. The summed E-state index contributed by atoms with van der Waals surface area (Å²) in [6, 6.07) is 0. The third-order valence-electron chi connectivity index (χ3n) is 7.35. The lowest BCUT2D eigenvalue weighted by Crippen LogP contribution is -2.48. The van der Waals surface area contributed by atoms with Crippen LogP contribution in [0.15, 0.2) is 12.7 Å². The van der Waals surface area contributed by atoms with Crippen LogP contribution in [-0.4, -0.2) is 55.0 Å². The number of hydrogen-bond donors (Lipinski definition) is 1. The molecule has 0 amide bonds. The van der Waals surface area contributed by atoms with Gasteiger partial charge in [0.15, 0.2) is 28.1 Å². The maximum Gasteiger partial charge on any atom is 0.192 e. The minimum Gasteiger partial charge on any atom is -0.414 e. The SMILES string of the molecule is CC(C)(C)[Si](C)(C)OC[C@H]1O[C@@H](n2cnc3c(N)ncnc32)[CH][C@H]1O[Si](C)(C)C(C)(C)C. The predicted molar refractivity (Wildman–Crippen MR) is 133 cm³/mol. The minimum atomic E-state index is -2.03. The van der Waals surface area contributed by atoms with Gasteiger partial charge in [-0.25, -0.2) is 15.0 Å². The molecule has 3 heterocycles. The molecule has 0 unspecified atom stereocenters. The van der Waals surface area contributed by atoms with E-state index in [1.54, 1.807) is 6.33 Å². The third-order valence-corrected chi connectivity index (χ3v) is 16.3. The fourth-order valence-electron chi connectivity index (χ4n) is 3.08. The van der Waals surface area contributed by atoms with Crippen molar-refractivity contribution >= 4 is 33.6 Å². The van der Waals surface area contributed by atoms with E-state index in [9.17, 15) is 0 Å². The van der Waals surface area contributed by atoms with Crippen LogP contribution in [0.5, 0.6) is 0 Å². The van der Waals surface area contributed by atoms with E-state index in [-0.39, 0.29) is 28.5 Å². The van der Waals surface area contributed by atoms with Crippen molar-refractivity contribution in [2.45, 2.75) is 96.2 Å². The van der Waals surface area contributed by atoms with Gasteiger partial charge in [0.2, 0.25) is 0 Å². The van der Waals surface area contributed by atoms with Crippen LogP contribution in [-0.2, 0) is 13.6 Å². The quantitative estimate of drug-likeness (QED) is 0.588. The molecule has 2 aromatic heterocycles. The van der Waals surface area contributed by atoms with Crippen molar-refractivity contribution in [2.24, 2.45) is 0 Å². The number of nitrogens with zero attached hydrogens (tertiary/aromatic N) is 4. The Bertz CT molecular complexity index is 949. The zero-order chi connectivity index (χ0) is 24.1. The van der Waals surface area contributed by atoms with Gasteiger partial charge in [-0.3, -0.25) is 4.57 Å². The van der Waals surface area contributed by atoms with Gasteiger partial charge in [0.05, 0.1) is 19.0 Å². The summed E-state index contributed by atoms with van der Waals surface area (Å²) in [6.07, 6.45) is 4.52. The third kappa shape index (κ3) is 4.94. The Balaban J connectivity index is 1.87. The standard InChI is InChI=1S/C22H40N5O3Si2/c1-21(2,3)31(7,8)28-12-16-15(30-32(9,10)22(4,5)6)11-17(29-16)27-14-26-18-19(23)24-13-25-20(18)27/h11,13-17H,12H2,1-10H3,(H2,23,24,25)/t15-,16-,17-/m1/s1. The lowest BCUT2D eigenvalue weighted by molar-refractivity contribution is -0.0371. The summed E-state index contributed by atoms with van der Waals surface area (Å²) in [5.41, 5.74) is 7.20. The lowest BCUT2D eigenvalue weighted by atomic mass is 10.2. The Morgan fingerprint density at radius 2 is 1.62 bits per heavy atom. The Hall–Kier alpha value is -1.34. The number of nitrogens with two attached hydrogens (primary N) is 1. The van der Waals surface area contributed by atoms with Gasteiger partial charge in [0.1, 0.15) is 24.2 Å². The molecular formula is C22H40N5O3Si2. The zero-order valence-electron chi connectivity index (χ0n) is 21.3. The van der Waals surface area contributed by atoms with Gasteiger partial charge in [-0.1, -0.05) is 41.5 Å². The topological polar surface area (TPSA) is 97.3 Å². The van der Waals surface area contributed by atoms with E-state index in [0.717, 1.165) is 0 Å². The summed E-state index contributed by atoms with van der Waals surface area (Å²) in [5.74, 6) is 0.360. The lowest BCUT2D eigenvalue weighted by Gasteiger charge is -2.40. The van der Waals surface area contributed by atoms with Gasteiger partial charge in [-0.2, -0.15) is 0 Å². The number of anilines is 1. The first-order valence-corrected chi connectivity index (χ1v) is 17.1. The average Bonchev–Trinajstić information content (AvgIpc) is 3.22. The van der Waals surface area contributed by atoms with Crippen molar-refractivity contribution in [1.29, 1.82) is 0 Å². The highest BCUT2D eigenvalue weighted by Crippen LogP contribution is 2.42. The summed E-state index contributed by atoms with van der Waals surface area (Å²) in [4.78, 5) is 12.8. The normalized spacial score (nSPS) is 23.2. The fraction of sp³-hybridized carbons (Fsp3) is 0.727. The second kappa shape index (κ2) is 8.46. The van der Waals surface area contributed by atoms with E-state index < -0.39 is 16.6 Å². The Kier molecular flexibility index (Phi) is 6.69.